The topological polar surface area (TPSA) is 92.2 Å². The molecule has 0 saturated carbocycles. The van der Waals surface area contributed by atoms with Crippen LogP contribution in [-0.4, -0.2) is 67.5 Å². The number of hydrogen-bond acceptors (Lipinski definition) is 6. The summed E-state index contributed by atoms with van der Waals surface area (Å²) in [4.78, 5) is 4.50. The first-order valence-electron chi connectivity index (χ1n) is 6.69. The van der Waals surface area contributed by atoms with Crippen molar-refractivity contribution in [2.45, 2.75) is 19.4 Å². The predicted molar refractivity (Wildman–Crippen MR) is 79.9 cm³/mol. The van der Waals surface area contributed by atoms with E-state index in [2.05, 4.69) is 22.2 Å². The molecule has 0 aromatic rings. The van der Waals surface area contributed by atoms with E-state index in [1.54, 1.807) is 6.08 Å². The van der Waals surface area contributed by atoms with Crippen LogP contribution < -0.4 is 11.1 Å². The van der Waals surface area contributed by atoms with E-state index in [1.165, 1.54) is 0 Å². The molecule has 0 aliphatic carbocycles. The summed E-state index contributed by atoms with van der Waals surface area (Å²) in [5.41, 5.74) is 6.19. The Kier molecular flexibility index (Phi) is 5.98. The fourth-order valence-corrected chi connectivity index (χ4v) is 2.02. The number of hydrogen-bond donors (Lipinski definition) is 4. The van der Waals surface area contributed by atoms with Gasteiger partial charge in [0.1, 0.15) is 5.82 Å². The number of nitrogens with one attached hydrogen (secondary N) is 3. The third kappa shape index (κ3) is 5.00. The van der Waals surface area contributed by atoms with Crippen LogP contribution in [0.3, 0.4) is 0 Å². The fourth-order valence-electron chi connectivity index (χ4n) is 2.02. The van der Waals surface area contributed by atoms with Crippen molar-refractivity contribution in [1.82, 2.24) is 15.1 Å². The fraction of sp³-hybridized carbons (Fsp3) is 0.692. The van der Waals surface area contributed by atoms with Gasteiger partial charge in [0.25, 0.3) is 0 Å². The van der Waals surface area contributed by atoms with Crippen LogP contribution in [0, 0.1) is 10.8 Å². The first-order chi connectivity index (χ1) is 8.93. The van der Waals surface area contributed by atoms with Crippen molar-refractivity contribution < 1.29 is 0 Å². The van der Waals surface area contributed by atoms with Gasteiger partial charge in [-0.2, -0.15) is 0 Å². The van der Waals surface area contributed by atoms with Gasteiger partial charge in [-0.25, -0.2) is 0 Å². The largest absolute Gasteiger partial charge is 0.375 e. The molecule has 1 aliphatic rings. The second-order valence-electron chi connectivity index (χ2n) is 5.14. The number of piperazine rings is 1. The molecule has 108 valence electrons. The van der Waals surface area contributed by atoms with E-state index in [1.807, 2.05) is 14.0 Å². The summed E-state index contributed by atoms with van der Waals surface area (Å²) < 4.78 is 0. The van der Waals surface area contributed by atoms with Gasteiger partial charge in [-0.3, -0.25) is 5.41 Å². The Morgan fingerprint density at radius 1 is 1.32 bits per heavy atom. The van der Waals surface area contributed by atoms with Gasteiger partial charge in [0.2, 0.25) is 0 Å². The Bertz CT molecular complexity index is 352. The summed E-state index contributed by atoms with van der Waals surface area (Å²) in [7, 11) is 3.97. The minimum atomic E-state index is -0.0806. The lowest BCUT2D eigenvalue weighted by atomic mass is 10.1. The molecule has 1 aliphatic heterocycles. The maximum Gasteiger partial charge on any atom is 0.103 e. The molecule has 0 amide bonds. The smallest absolute Gasteiger partial charge is 0.103 e. The molecular weight excluding hydrogens is 240 g/mol. The van der Waals surface area contributed by atoms with Crippen LogP contribution in [-0.2, 0) is 0 Å². The van der Waals surface area contributed by atoms with Crippen molar-refractivity contribution in [1.29, 1.82) is 10.8 Å². The highest BCUT2D eigenvalue weighted by Gasteiger charge is 2.16. The van der Waals surface area contributed by atoms with Gasteiger partial charge in [-0.05, 0) is 14.0 Å². The van der Waals surface area contributed by atoms with Gasteiger partial charge in [-0.15, -0.1) is 0 Å². The first-order valence-corrected chi connectivity index (χ1v) is 6.69. The average molecular weight is 266 g/mol. The van der Waals surface area contributed by atoms with Crippen LogP contribution in [0.25, 0.3) is 0 Å². The Hall–Kier alpha value is -1.40. The highest BCUT2D eigenvalue weighted by Crippen LogP contribution is 2.06. The molecule has 1 saturated heterocycles. The zero-order chi connectivity index (χ0) is 14.4. The standard InChI is InChI=1S/C13H26N6/c1-10(14)8-11(15)12(16)9-13(17-2)19-6-4-18(3)5-7-19/h9-10,15-17H,4-8,14H2,1-3H3/b13-9+,15-11?,16-12?. The molecule has 1 heterocycles. The highest BCUT2D eigenvalue weighted by atomic mass is 15.3. The quantitative estimate of drug-likeness (QED) is 0.512. The van der Waals surface area contributed by atoms with E-state index in [9.17, 15) is 0 Å². The SMILES string of the molecule is CN/C(=C\C(=N)C(=N)CC(C)N)N1CCN(C)CC1. The van der Waals surface area contributed by atoms with Crippen LogP contribution in [0.1, 0.15) is 13.3 Å². The van der Waals surface area contributed by atoms with Crippen molar-refractivity contribution in [2.75, 3.05) is 40.3 Å². The zero-order valence-electron chi connectivity index (χ0n) is 12.2. The van der Waals surface area contributed by atoms with Crippen LogP contribution in [0.5, 0.6) is 0 Å². The summed E-state index contributed by atoms with van der Waals surface area (Å²) in [6.45, 7) is 5.77. The average Bonchev–Trinajstić information content (AvgIpc) is 2.36. The lowest BCUT2D eigenvalue weighted by Crippen LogP contribution is -2.46. The Balaban J connectivity index is 2.65. The van der Waals surface area contributed by atoms with Gasteiger partial charge >= 0.3 is 0 Å². The van der Waals surface area contributed by atoms with Crippen molar-refractivity contribution in [3.05, 3.63) is 11.9 Å². The zero-order valence-corrected chi connectivity index (χ0v) is 12.2. The number of nitrogens with zero attached hydrogens (tertiary/aromatic N) is 2. The van der Waals surface area contributed by atoms with Crippen molar-refractivity contribution in [3.63, 3.8) is 0 Å². The molecule has 0 aromatic heterocycles. The van der Waals surface area contributed by atoms with Gasteiger partial charge in [0, 0.05) is 51.8 Å². The second-order valence-corrected chi connectivity index (χ2v) is 5.14. The molecule has 0 aromatic carbocycles. The molecule has 0 spiro atoms. The monoisotopic (exact) mass is 266 g/mol. The van der Waals surface area contributed by atoms with Crippen molar-refractivity contribution in [2.24, 2.45) is 5.73 Å². The Morgan fingerprint density at radius 2 is 1.89 bits per heavy atom. The highest BCUT2D eigenvalue weighted by molar-refractivity contribution is 6.44. The number of allylic oxidation sites excluding steroid dienone is 1. The van der Waals surface area contributed by atoms with Crippen LogP contribution in [0.4, 0.5) is 0 Å². The first kappa shape index (κ1) is 15.7. The summed E-state index contributed by atoms with van der Waals surface area (Å²) in [6.07, 6.45) is 2.17. The van der Waals surface area contributed by atoms with Gasteiger partial charge in [0.05, 0.1) is 11.4 Å². The predicted octanol–water partition coefficient (Wildman–Crippen LogP) is 0.0714. The Labute approximate surface area is 115 Å². The van der Waals surface area contributed by atoms with Gasteiger partial charge < -0.3 is 26.3 Å². The van der Waals surface area contributed by atoms with Crippen LogP contribution >= 0.6 is 0 Å². The summed E-state index contributed by atoms with van der Waals surface area (Å²) in [5.74, 6) is 0.910. The normalized spacial score (nSPS) is 19.2. The van der Waals surface area contributed by atoms with Crippen LogP contribution in [0.2, 0.25) is 0 Å². The summed E-state index contributed by atoms with van der Waals surface area (Å²) >= 11 is 0. The maximum absolute atomic E-state index is 7.95. The minimum absolute atomic E-state index is 0.0806. The molecule has 6 nitrogen and oxygen atoms in total. The molecule has 1 fully saturated rings. The van der Waals surface area contributed by atoms with E-state index >= 15 is 0 Å². The molecular formula is C13H26N6. The number of rotatable bonds is 6. The van der Waals surface area contributed by atoms with Crippen LogP contribution in [0.15, 0.2) is 11.9 Å². The third-order valence-corrected chi connectivity index (χ3v) is 3.23. The molecule has 0 bridgehead atoms. The second kappa shape index (κ2) is 7.25. The van der Waals surface area contributed by atoms with Gasteiger partial charge in [-0.1, -0.05) is 0 Å². The summed E-state index contributed by atoms with van der Waals surface area (Å²) in [5, 5.41) is 18.9. The molecule has 0 radical (unpaired) electrons. The number of likely N-dealkylation sites (N-methyl/N-ethyl adjacent to an activating group) is 1. The number of nitrogens with two attached hydrogens (primary N) is 1. The third-order valence-electron chi connectivity index (χ3n) is 3.23. The van der Waals surface area contributed by atoms with E-state index < -0.39 is 0 Å². The molecule has 19 heavy (non-hydrogen) atoms. The molecule has 1 unspecified atom stereocenters. The van der Waals surface area contributed by atoms with E-state index in [-0.39, 0.29) is 17.5 Å². The molecule has 1 rings (SSSR count). The molecule has 5 N–H and O–H groups in total. The molecule has 6 heteroatoms. The van der Waals surface area contributed by atoms with Crippen molar-refractivity contribution >= 4 is 11.4 Å². The molecule has 1 atom stereocenters. The van der Waals surface area contributed by atoms with Gasteiger partial charge in [0.15, 0.2) is 0 Å². The minimum Gasteiger partial charge on any atom is -0.375 e. The van der Waals surface area contributed by atoms with E-state index in [0.29, 0.717) is 6.42 Å². The lowest BCUT2D eigenvalue weighted by Gasteiger charge is -2.35. The summed E-state index contributed by atoms with van der Waals surface area (Å²) in [6, 6.07) is -0.0806. The lowest BCUT2D eigenvalue weighted by molar-refractivity contribution is 0.180. The Morgan fingerprint density at radius 3 is 2.37 bits per heavy atom. The van der Waals surface area contributed by atoms with Crippen molar-refractivity contribution in [3.8, 4) is 0 Å². The maximum atomic E-state index is 7.95. The van der Waals surface area contributed by atoms with E-state index in [0.717, 1.165) is 32.0 Å². The van der Waals surface area contributed by atoms with E-state index in [4.69, 9.17) is 16.6 Å².